The molecule has 0 bridgehead atoms. The second-order valence-electron chi connectivity index (χ2n) is 5.01. The summed E-state index contributed by atoms with van der Waals surface area (Å²) in [6, 6.07) is 0.455. The van der Waals surface area contributed by atoms with E-state index in [4.69, 9.17) is 4.74 Å². The number of likely N-dealkylation sites (N-methyl/N-ethyl adjacent to an activating group) is 1. The lowest BCUT2D eigenvalue weighted by Crippen LogP contribution is -2.44. The van der Waals surface area contributed by atoms with Crippen LogP contribution < -0.4 is 0 Å². The Balaban J connectivity index is 2.21. The number of rotatable bonds is 3. The van der Waals surface area contributed by atoms with Crippen LogP contribution in [0.4, 0.5) is 4.79 Å². The van der Waals surface area contributed by atoms with Crippen LogP contribution in [0.3, 0.4) is 0 Å². The molecule has 0 spiro atoms. The lowest BCUT2D eigenvalue weighted by molar-refractivity contribution is 0.0728. The Hall–Kier alpha value is -1.03. The van der Waals surface area contributed by atoms with E-state index in [0.717, 1.165) is 6.54 Å². The number of carbonyl (C=O) groups is 1. The normalized spacial score (nSPS) is 33.1. The van der Waals surface area contributed by atoms with Crippen molar-refractivity contribution >= 4 is 6.03 Å². The van der Waals surface area contributed by atoms with Gasteiger partial charge in [0.25, 0.3) is 0 Å². The largest absolute Gasteiger partial charge is 0.375 e. The number of urea groups is 1. The smallest absolute Gasteiger partial charge is 0.320 e. The first-order chi connectivity index (χ1) is 7.56. The van der Waals surface area contributed by atoms with E-state index in [1.54, 1.807) is 7.11 Å². The summed E-state index contributed by atoms with van der Waals surface area (Å²) in [6.45, 7) is 5.06. The molecule has 4 nitrogen and oxygen atoms in total. The standard InChI is InChI=1S/C12H20N2O2/c1-8(2)7-14-11-9(13(3)12(14)15)5-6-10(11)16-4/h5-6,8-11H,7H2,1-4H3/t9?,10-,11?/m1/s1. The molecular formula is C12H20N2O2. The third-order valence-corrected chi connectivity index (χ3v) is 3.37. The summed E-state index contributed by atoms with van der Waals surface area (Å²) in [5.74, 6) is 0.481. The summed E-state index contributed by atoms with van der Waals surface area (Å²) in [6.07, 6.45) is 4.18. The number of hydrogen-bond acceptors (Lipinski definition) is 2. The van der Waals surface area contributed by atoms with Crippen LogP contribution in [0.1, 0.15) is 13.8 Å². The summed E-state index contributed by atoms with van der Waals surface area (Å²) in [4.78, 5) is 15.8. The molecule has 0 aromatic heterocycles. The number of carbonyl (C=O) groups excluding carboxylic acids is 1. The number of hydrogen-bond donors (Lipinski definition) is 0. The molecule has 2 unspecified atom stereocenters. The first-order valence-corrected chi connectivity index (χ1v) is 5.80. The highest BCUT2D eigenvalue weighted by molar-refractivity contribution is 5.79. The highest BCUT2D eigenvalue weighted by atomic mass is 16.5. The zero-order valence-corrected chi connectivity index (χ0v) is 10.4. The molecule has 1 aliphatic heterocycles. The minimum absolute atomic E-state index is 0.0395. The molecule has 4 heteroatoms. The molecular weight excluding hydrogens is 204 g/mol. The van der Waals surface area contributed by atoms with Crippen LogP contribution in [0.2, 0.25) is 0 Å². The number of methoxy groups -OCH3 is 1. The Labute approximate surface area is 96.8 Å². The fourth-order valence-electron chi connectivity index (χ4n) is 2.63. The van der Waals surface area contributed by atoms with E-state index in [9.17, 15) is 4.79 Å². The van der Waals surface area contributed by atoms with Crippen LogP contribution in [-0.2, 0) is 4.74 Å². The van der Waals surface area contributed by atoms with Crippen LogP contribution in [0.5, 0.6) is 0 Å². The molecule has 1 saturated heterocycles. The van der Waals surface area contributed by atoms with Crippen LogP contribution in [0, 0.1) is 5.92 Å². The van der Waals surface area contributed by atoms with Crippen molar-refractivity contribution in [1.82, 2.24) is 9.80 Å². The van der Waals surface area contributed by atoms with Crippen molar-refractivity contribution in [1.29, 1.82) is 0 Å². The summed E-state index contributed by atoms with van der Waals surface area (Å²) < 4.78 is 5.43. The van der Waals surface area contributed by atoms with Crippen molar-refractivity contribution in [3.8, 4) is 0 Å². The Morgan fingerprint density at radius 2 is 2.12 bits per heavy atom. The van der Waals surface area contributed by atoms with Gasteiger partial charge in [0.1, 0.15) is 0 Å². The van der Waals surface area contributed by atoms with Gasteiger partial charge in [0, 0.05) is 20.7 Å². The number of ether oxygens (including phenoxy) is 1. The van der Waals surface area contributed by atoms with Crippen molar-refractivity contribution in [2.24, 2.45) is 5.92 Å². The molecule has 0 radical (unpaired) electrons. The molecule has 1 aliphatic carbocycles. The summed E-state index contributed by atoms with van der Waals surface area (Å²) in [5, 5.41) is 0. The highest BCUT2D eigenvalue weighted by Crippen LogP contribution is 2.31. The van der Waals surface area contributed by atoms with Crippen LogP contribution >= 0.6 is 0 Å². The van der Waals surface area contributed by atoms with E-state index in [2.05, 4.69) is 26.0 Å². The Kier molecular flexibility index (Phi) is 2.93. The van der Waals surface area contributed by atoms with Gasteiger partial charge in [-0.25, -0.2) is 4.79 Å². The van der Waals surface area contributed by atoms with Gasteiger partial charge in [0.2, 0.25) is 0 Å². The zero-order chi connectivity index (χ0) is 11.9. The zero-order valence-electron chi connectivity index (χ0n) is 10.4. The monoisotopic (exact) mass is 224 g/mol. The van der Waals surface area contributed by atoms with Crippen LogP contribution in [0.15, 0.2) is 12.2 Å². The molecule has 2 rings (SSSR count). The first kappa shape index (κ1) is 11.5. The molecule has 0 aromatic rings. The lowest BCUT2D eigenvalue weighted by Gasteiger charge is -2.28. The van der Waals surface area contributed by atoms with E-state index >= 15 is 0 Å². The molecule has 2 amide bonds. The Bertz CT molecular complexity index is 314. The molecule has 16 heavy (non-hydrogen) atoms. The molecule has 2 aliphatic rings. The fourth-order valence-corrected chi connectivity index (χ4v) is 2.63. The fraction of sp³-hybridized carbons (Fsp3) is 0.750. The second kappa shape index (κ2) is 4.09. The van der Waals surface area contributed by atoms with Crippen LogP contribution in [-0.4, -0.2) is 54.7 Å². The molecule has 0 aromatic carbocycles. The SMILES string of the molecule is CO[C@@H]1C=CC2C1N(CC(C)C)C(=O)N2C. The van der Waals surface area contributed by atoms with Crippen LogP contribution in [0.25, 0.3) is 0 Å². The highest BCUT2D eigenvalue weighted by Gasteiger charge is 2.48. The maximum Gasteiger partial charge on any atom is 0.320 e. The van der Waals surface area contributed by atoms with Gasteiger partial charge in [-0.05, 0) is 5.92 Å². The van der Waals surface area contributed by atoms with Gasteiger partial charge in [-0.1, -0.05) is 26.0 Å². The number of amides is 2. The minimum atomic E-state index is 0.0395. The third kappa shape index (κ3) is 1.61. The van der Waals surface area contributed by atoms with Crippen molar-refractivity contribution in [3.63, 3.8) is 0 Å². The van der Waals surface area contributed by atoms with Crippen molar-refractivity contribution in [2.45, 2.75) is 32.0 Å². The molecule has 0 saturated carbocycles. The van der Waals surface area contributed by atoms with Gasteiger partial charge in [-0.2, -0.15) is 0 Å². The van der Waals surface area contributed by atoms with Crippen molar-refractivity contribution in [2.75, 3.05) is 20.7 Å². The molecule has 1 heterocycles. The summed E-state index contributed by atoms with van der Waals surface area (Å²) in [5.41, 5.74) is 0. The average molecular weight is 224 g/mol. The van der Waals surface area contributed by atoms with E-state index in [1.165, 1.54) is 0 Å². The van der Waals surface area contributed by atoms with Gasteiger partial charge in [-0.3, -0.25) is 0 Å². The predicted molar refractivity (Wildman–Crippen MR) is 62.2 cm³/mol. The van der Waals surface area contributed by atoms with Gasteiger partial charge < -0.3 is 14.5 Å². The van der Waals surface area contributed by atoms with Crippen molar-refractivity contribution < 1.29 is 9.53 Å². The van der Waals surface area contributed by atoms with Gasteiger partial charge in [0.05, 0.1) is 18.2 Å². The number of fused-ring (bicyclic) bond motifs is 1. The quantitative estimate of drug-likeness (QED) is 0.678. The van der Waals surface area contributed by atoms with E-state index in [1.807, 2.05) is 16.8 Å². The third-order valence-electron chi connectivity index (χ3n) is 3.37. The van der Waals surface area contributed by atoms with E-state index in [0.29, 0.717) is 5.92 Å². The average Bonchev–Trinajstić information content (AvgIpc) is 2.74. The Morgan fingerprint density at radius 1 is 1.44 bits per heavy atom. The summed E-state index contributed by atoms with van der Waals surface area (Å²) in [7, 11) is 3.57. The maximum absolute atomic E-state index is 12.1. The number of nitrogens with zero attached hydrogens (tertiary/aromatic N) is 2. The van der Waals surface area contributed by atoms with Crippen molar-refractivity contribution in [3.05, 3.63) is 12.2 Å². The van der Waals surface area contributed by atoms with Gasteiger partial charge >= 0.3 is 6.03 Å². The van der Waals surface area contributed by atoms with E-state index in [-0.39, 0.29) is 24.2 Å². The summed E-state index contributed by atoms with van der Waals surface area (Å²) >= 11 is 0. The van der Waals surface area contributed by atoms with Gasteiger partial charge in [0.15, 0.2) is 0 Å². The predicted octanol–water partition coefficient (Wildman–Crippen LogP) is 1.33. The van der Waals surface area contributed by atoms with Gasteiger partial charge in [-0.15, -0.1) is 0 Å². The topological polar surface area (TPSA) is 32.8 Å². The second-order valence-corrected chi connectivity index (χ2v) is 5.01. The first-order valence-electron chi connectivity index (χ1n) is 5.80. The Morgan fingerprint density at radius 3 is 2.69 bits per heavy atom. The molecule has 1 fully saturated rings. The molecule has 0 N–H and O–H groups in total. The van der Waals surface area contributed by atoms with E-state index < -0.39 is 0 Å². The molecule has 90 valence electrons. The molecule has 3 atom stereocenters. The maximum atomic E-state index is 12.1. The minimum Gasteiger partial charge on any atom is -0.375 e. The lowest BCUT2D eigenvalue weighted by atomic mass is 10.1.